The Morgan fingerprint density at radius 1 is 1.15 bits per heavy atom. The molecule has 1 aliphatic rings. The topological polar surface area (TPSA) is 29.1 Å². The standard InChI is InChI=1S/C15H18F3NO/c1-15(5-3-2-4-6-15)9-19-14(20)10-7-11(16)13(18)12(17)8-10/h7-8H,2-6,9H2,1H3,(H,19,20). The second-order valence-corrected chi connectivity index (χ2v) is 5.81. The van der Waals surface area contributed by atoms with Crippen LogP contribution in [0.1, 0.15) is 49.4 Å². The first kappa shape index (κ1) is 14.9. The Hall–Kier alpha value is -1.52. The molecule has 0 heterocycles. The number of carbonyl (C=O) groups excluding carboxylic acids is 1. The molecule has 5 heteroatoms. The van der Waals surface area contributed by atoms with E-state index in [1.165, 1.54) is 6.42 Å². The number of nitrogens with one attached hydrogen (secondary N) is 1. The number of hydrogen-bond acceptors (Lipinski definition) is 1. The summed E-state index contributed by atoms with van der Waals surface area (Å²) in [4.78, 5) is 11.9. The summed E-state index contributed by atoms with van der Waals surface area (Å²) in [6.45, 7) is 2.56. The van der Waals surface area contributed by atoms with E-state index < -0.39 is 23.4 Å². The Balaban J connectivity index is 2.01. The van der Waals surface area contributed by atoms with Gasteiger partial charge >= 0.3 is 0 Å². The van der Waals surface area contributed by atoms with Crippen molar-refractivity contribution < 1.29 is 18.0 Å². The zero-order valence-electron chi connectivity index (χ0n) is 11.4. The highest BCUT2D eigenvalue weighted by molar-refractivity contribution is 5.94. The van der Waals surface area contributed by atoms with Crippen LogP contribution in [0.5, 0.6) is 0 Å². The molecule has 1 aliphatic carbocycles. The number of hydrogen-bond donors (Lipinski definition) is 1. The SMILES string of the molecule is CC1(CNC(=O)c2cc(F)c(F)c(F)c2)CCCCC1. The lowest BCUT2D eigenvalue weighted by Crippen LogP contribution is -2.37. The fourth-order valence-electron chi connectivity index (χ4n) is 2.66. The fourth-order valence-corrected chi connectivity index (χ4v) is 2.66. The third-order valence-electron chi connectivity index (χ3n) is 3.98. The molecule has 110 valence electrons. The number of rotatable bonds is 3. The zero-order chi connectivity index (χ0) is 14.8. The van der Waals surface area contributed by atoms with Crippen LogP contribution in [-0.4, -0.2) is 12.5 Å². The van der Waals surface area contributed by atoms with Gasteiger partial charge < -0.3 is 5.32 Å². The molecule has 0 bridgehead atoms. The maximum atomic E-state index is 13.1. The lowest BCUT2D eigenvalue weighted by atomic mass is 9.76. The third-order valence-corrected chi connectivity index (χ3v) is 3.98. The zero-order valence-corrected chi connectivity index (χ0v) is 11.4. The highest BCUT2D eigenvalue weighted by Crippen LogP contribution is 2.34. The van der Waals surface area contributed by atoms with Gasteiger partial charge in [0.2, 0.25) is 0 Å². The Morgan fingerprint density at radius 2 is 1.70 bits per heavy atom. The van der Waals surface area contributed by atoms with Crippen molar-refractivity contribution in [3.8, 4) is 0 Å². The minimum Gasteiger partial charge on any atom is -0.351 e. The van der Waals surface area contributed by atoms with E-state index >= 15 is 0 Å². The van der Waals surface area contributed by atoms with Crippen molar-refractivity contribution in [1.82, 2.24) is 5.32 Å². The fraction of sp³-hybridized carbons (Fsp3) is 0.533. The second-order valence-electron chi connectivity index (χ2n) is 5.81. The van der Waals surface area contributed by atoms with E-state index in [0.717, 1.165) is 37.8 Å². The van der Waals surface area contributed by atoms with Crippen LogP contribution >= 0.6 is 0 Å². The minimum absolute atomic E-state index is 0.0328. The molecule has 2 nitrogen and oxygen atoms in total. The van der Waals surface area contributed by atoms with E-state index in [-0.39, 0.29) is 11.0 Å². The van der Waals surface area contributed by atoms with Gasteiger partial charge in [0.25, 0.3) is 5.91 Å². The first-order valence-electron chi connectivity index (χ1n) is 6.84. The van der Waals surface area contributed by atoms with Crippen molar-refractivity contribution in [3.05, 3.63) is 35.1 Å². The Bertz CT molecular complexity index is 487. The van der Waals surface area contributed by atoms with Crippen LogP contribution in [0.25, 0.3) is 0 Å². The molecule has 20 heavy (non-hydrogen) atoms. The van der Waals surface area contributed by atoms with E-state index in [9.17, 15) is 18.0 Å². The predicted octanol–water partition coefficient (Wildman–Crippen LogP) is 3.80. The van der Waals surface area contributed by atoms with Gasteiger partial charge in [-0.05, 0) is 30.4 Å². The first-order chi connectivity index (χ1) is 9.41. The van der Waals surface area contributed by atoms with Gasteiger partial charge in [-0.1, -0.05) is 26.2 Å². The quantitative estimate of drug-likeness (QED) is 0.841. The highest BCUT2D eigenvalue weighted by Gasteiger charge is 2.27. The molecule has 0 aliphatic heterocycles. The summed E-state index contributed by atoms with van der Waals surface area (Å²) in [6, 6.07) is 1.44. The van der Waals surface area contributed by atoms with Crippen molar-refractivity contribution in [2.75, 3.05) is 6.54 Å². The molecule has 0 radical (unpaired) electrons. The van der Waals surface area contributed by atoms with Gasteiger partial charge in [0.1, 0.15) is 0 Å². The van der Waals surface area contributed by atoms with Gasteiger partial charge in [0, 0.05) is 12.1 Å². The van der Waals surface area contributed by atoms with Crippen LogP contribution in [0.4, 0.5) is 13.2 Å². The normalized spacial score (nSPS) is 17.8. The average molecular weight is 285 g/mol. The molecule has 1 N–H and O–H groups in total. The summed E-state index contributed by atoms with van der Waals surface area (Å²) in [5.74, 6) is -4.83. The summed E-state index contributed by atoms with van der Waals surface area (Å²) >= 11 is 0. The number of halogens is 3. The molecule has 1 aromatic rings. The smallest absolute Gasteiger partial charge is 0.251 e. The van der Waals surface area contributed by atoms with Crippen LogP contribution in [0.15, 0.2) is 12.1 Å². The molecule has 0 aromatic heterocycles. The Labute approximate surface area is 116 Å². The minimum atomic E-state index is -1.55. The van der Waals surface area contributed by atoms with Gasteiger partial charge in [-0.25, -0.2) is 13.2 Å². The van der Waals surface area contributed by atoms with Crippen LogP contribution in [-0.2, 0) is 0 Å². The molecule has 2 rings (SSSR count). The lowest BCUT2D eigenvalue weighted by Gasteiger charge is -2.33. The van der Waals surface area contributed by atoms with E-state index in [1.807, 2.05) is 0 Å². The van der Waals surface area contributed by atoms with E-state index in [2.05, 4.69) is 12.2 Å². The van der Waals surface area contributed by atoms with Crippen LogP contribution in [0.3, 0.4) is 0 Å². The largest absolute Gasteiger partial charge is 0.351 e. The number of amides is 1. The van der Waals surface area contributed by atoms with E-state index in [4.69, 9.17) is 0 Å². The molecule has 0 spiro atoms. The lowest BCUT2D eigenvalue weighted by molar-refractivity contribution is 0.0918. The maximum absolute atomic E-state index is 13.1. The van der Waals surface area contributed by atoms with Crippen molar-refractivity contribution in [2.24, 2.45) is 5.41 Å². The monoisotopic (exact) mass is 285 g/mol. The van der Waals surface area contributed by atoms with Gasteiger partial charge in [-0.3, -0.25) is 4.79 Å². The van der Waals surface area contributed by atoms with Crippen molar-refractivity contribution in [3.63, 3.8) is 0 Å². The third kappa shape index (κ3) is 3.32. The molecule has 1 saturated carbocycles. The predicted molar refractivity (Wildman–Crippen MR) is 69.8 cm³/mol. The van der Waals surface area contributed by atoms with Crippen LogP contribution in [0, 0.1) is 22.9 Å². The van der Waals surface area contributed by atoms with Crippen molar-refractivity contribution >= 4 is 5.91 Å². The average Bonchev–Trinajstić information content (AvgIpc) is 2.42. The summed E-state index contributed by atoms with van der Waals surface area (Å²) in [5.41, 5.74) is -0.161. The summed E-state index contributed by atoms with van der Waals surface area (Å²) in [5, 5.41) is 2.69. The highest BCUT2D eigenvalue weighted by atomic mass is 19.2. The molecule has 0 unspecified atom stereocenters. The van der Waals surface area contributed by atoms with Gasteiger partial charge in [-0.2, -0.15) is 0 Å². The van der Waals surface area contributed by atoms with Gasteiger partial charge in [0.05, 0.1) is 0 Å². The molecular formula is C15H18F3NO. The second kappa shape index (κ2) is 5.85. The number of carbonyl (C=O) groups is 1. The molecular weight excluding hydrogens is 267 g/mol. The molecule has 1 aromatic carbocycles. The maximum Gasteiger partial charge on any atom is 0.251 e. The van der Waals surface area contributed by atoms with E-state index in [0.29, 0.717) is 6.54 Å². The molecule has 1 amide bonds. The van der Waals surface area contributed by atoms with Crippen LogP contribution in [0.2, 0.25) is 0 Å². The number of benzene rings is 1. The van der Waals surface area contributed by atoms with Crippen molar-refractivity contribution in [2.45, 2.75) is 39.0 Å². The summed E-state index contributed by atoms with van der Waals surface area (Å²) in [6.07, 6.45) is 5.52. The van der Waals surface area contributed by atoms with E-state index in [1.54, 1.807) is 0 Å². The summed E-state index contributed by atoms with van der Waals surface area (Å²) < 4.78 is 39.0. The Morgan fingerprint density at radius 3 is 2.25 bits per heavy atom. The Kier molecular flexibility index (Phi) is 4.35. The molecule has 0 saturated heterocycles. The van der Waals surface area contributed by atoms with Crippen molar-refractivity contribution in [1.29, 1.82) is 0 Å². The summed E-state index contributed by atoms with van der Waals surface area (Å²) in [7, 11) is 0. The molecule has 1 fully saturated rings. The van der Waals surface area contributed by atoms with Crippen LogP contribution < -0.4 is 5.32 Å². The van der Waals surface area contributed by atoms with Gasteiger partial charge in [-0.15, -0.1) is 0 Å². The molecule has 0 atom stereocenters. The van der Waals surface area contributed by atoms with Gasteiger partial charge in [0.15, 0.2) is 17.5 Å². The first-order valence-corrected chi connectivity index (χ1v) is 6.84.